The van der Waals surface area contributed by atoms with Crippen LogP contribution in [-0.2, 0) is 0 Å². The number of hydrogen-bond donors (Lipinski definition) is 0. The van der Waals surface area contributed by atoms with E-state index in [1.807, 2.05) is 12.4 Å². The lowest BCUT2D eigenvalue weighted by Crippen LogP contribution is -2.10. The highest BCUT2D eigenvalue weighted by atomic mass is 79.9. The maximum atomic E-state index is 4.39. The standard InChI is InChI=1S/C18H20BrN/c19-11-16(14-6-2-1-3-7-14)10-17-13-20-12-15-8-4-5-9-18(15)17/h4-5,8-10,12-14H,1-3,6-7,11H2/b16-10-. The molecule has 0 amide bonds. The number of fused-ring (bicyclic) bond motifs is 1. The first-order chi connectivity index (χ1) is 9.88. The number of rotatable bonds is 3. The molecule has 20 heavy (non-hydrogen) atoms. The molecule has 0 radical (unpaired) electrons. The highest BCUT2D eigenvalue weighted by molar-refractivity contribution is 9.09. The second-order valence-corrected chi connectivity index (χ2v) is 6.20. The SMILES string of the molecule is BrC/C(=C/c1cncc2ccccc12)C1CCCCC1. The maximum Gasteiger partial charge on any atom is 0.0346 e. The lowest BCUT2D eigenvalue weighted by molar-refractivity contribution is 0.405. The minimum Gasteiger partial charge on any atom is -0.263 e. The van der Waals surface area contributed by atoms with Crippen molar-refractivity contribution in [2.45, 2.75) is 32.1 Å². The Hall–Kier alpha value is -1.15. The third kappa shape index (κ3) is 2.95. The third-order valence-electron chi connectivity index (χ3n) is 4.32. The molecule has 0 bridgehead atoms. The van der Waals surface area contributed by atoms with E-state index in [9.17, 15) is 0 Å². The average molecular weight is 330 g/mol. The molecule has 1 saturated carbocycles. The Balaban J connectivity index is 1.98. The van der Waals surface area contributed by atoms with Crippen LogP contribution in [0.4, 0.5) is 0 Å². The second-order valence-electron chi connectivity index (χ2n) is 5.64. The molecule has 1 aromatic heterocycles. The molecule has 2 heteroatoms. The summed E-state index contributed by atoms with van der Waals surface area (Å²) in [5.74, 6) is 0.752. The van der Waals surface area contributed by atoms with Gasteiger partial charge in [0.15, 0.2) is 0 Å². The highest BCUT2D eigenvalue weighted by Gasteiger charge is 2.17. The Morgan fingerprint density at radius 2 is 1.95 bits per heavy atom. The summed E-state index contributed by atoms with van der Waals surface area (Å²) in [7, 11) is 0. The number of allylic oxidation sites excluding steroid dienone is 1. The lowest BCUT2D eigenvalue weighted by Gasteiger charge is -2.23. The summed E-state index contributed by atoms with van der Waals surface area (Å²) in [6, 6.07) is 8.50. The number of aromatic nitrogens is 1. The topological polar surface area (TPSA) is 12.9 Å². The van der Waals surface area contributed by atoms with Gasteiger partial charge in [-0.1, -0.05) is 71.1 Å². The van der Waals surface area contributed by atoms with E-state index in [0.29, 0.717) is 0 Å². The van der Waals surface area contributed by atoms with Gasteiger partial charge in [0.2, 0.25) is 0 Å². The van der Waals surface area contributed by atoms with Crippen LogP contribution in [0.15, 0.2) is 42.2 Å². The summed E-state index contributed by atoms with van der Waals surface area (Å²) >= 11 is 3.68. The van der Waals surface area contributed by atoms with Gasteiger partial charge in [-0.15, -0.1) is 0 Å². The molecule has 1 heterocycles. The van der Waals surface area contributed by atoms with Crippen LogP contribution < -0.4 is 0 Å². The summed E-state index contributed by atoms with van der Waals surface area (Å²) in [5.41, 5.74) is 2.78. The van der Waals surface area contributed by atoms with E-state index in [0.717, 1.165) is 11.2 Å². The van der Waals surface area contributed by atoms with Crippen molar-refractivity contribution in [3.63, 3.8) is 0 Å². The normalized spacial score (nSPS) is 17.6. The number of benzene rings is 1. The van der Waals surface area contributed by atoms with E-state index < -0.39 is 0 Å². The van der Waals surface area contributed by atoms with Crippen molar-refractivity contribution >= 4 is 32.8 Å². The second kappa shape index (κ2) is 6.53. The molecule has 0 aliphatic heterocycles. The minimum atomic E-state index is 0.752. The molecule has 104 valence electrons. The smallest absolute Gasteiger partial charge is 0.0346 e. The number of hydrogen-bond acceptors (Lipinski definition) is 1. The summed E-state index contributed by atoms with van der Waals surface area (Å²) in [5, 5.41) is 3.50. The van der Waals surface area contributed by atoms with Gasteiger partial charge < -0.3 is 0 Å². The maximum absolute atomic E-state index is 4.39. The summed E-state index contributed by atoms with van der Waals surface area (Å²) in [6.07, 6.45) is 13.1. The minimum absolute atomic E-state index is 0.752. The van der Waals surface area contributed by atoms with Gasteiger partial charge in [0.05, 0.1) is 0 Å². The lowest BCUT2D eigenvalue weighted by atomic mass is 9.83. The largest absolute Gasteiger partial charge is 0.263 e. The van der Waals surface area contributed by atoms with E-state index in [4.69, 9.17) is 0 Å². The molecule has 1 aliphatic rings. The number of alkyl halides is 1. The quantitative estimate of drug-likeness (QED) is 0.668. The van der Waals surface area contributed by atoms with Crippen molar-refractivity contribution in [2.75, 3.05) is 5.33 Å². The fraction of sp³-hybridized carbons (Fsp3) is 0.389. The van der Waals surface area contributed by atoms with Crippen molar-refractivity contribution in [2.24, 2.45) is 5.92 Å². The first-order valence-electron chi connectivity index (χ1n) is 7.47. The van der Waals surface area contributed by atoms with Crippen molar-refractivity contribution < 1.29 is 0 Å². The monoisotopic (exact) mass is 329 g/mol. The predicted molar refractivity (Wildman–Crippen MR) is 90.1 cm³/mol. The third-order valence-corrected chi connectivity index (χ3v) is 4.97. The van der Waals surface area contributed by atoms with E-state index >= 15 is 0 Å². The fourth-order valence-electron chi connectivity index (χ4n) is 3.19. The van der Waals surface area contributed by atoms with E-state index in [2.05, 4.69) is 51.3 Å². The number of pyridine rings is 1. The molecule has 3 rings (SSSR count). The van der Waals surface area contributed by atoms with Gasteiger partial charge >= 0.3 is 0 Å². The molecule has 0 spiro atoms. The zero-order chi connectivity index (χ0) is 13.8. The van der Waals surface area contributed by atoms with E-state index in [1.165, 1.54) is 54.0 Å². The van der Waals surface area contributed by atoms with Crippen LogP contribution in [0, 0.1) is 5.92 Å². The molecule has 0 saturated heterocycles. The zero-order valence-electron chi connectivity index (χ0n) is 11.7. The van der Waals surface area contributed by atoms with Gasteiger partial charge in [0, 0.05) is 28.7 Å². The van der Waals surface area contributed by atoms with Gasteiger partial charge in [-0.25, -0.2) is 0 Å². The number of nitrogens with zero attached hydrogens (tertiary/aromatic N) is 1. The first kappa shape index (κ1) is 13.8. The Kier molecular flexibility index (Phi) is 4.51. The molecule has 0 unspecified atom stereocenters. The van der Waals surface area contributed by atoms with Crippen LogP contribution in [0.5, 0.6) is 0 Å². The molecule has 1 fully saturated rings. The molecule has 1 aromatic carbocycles. The van der Waals surface area contributed by atoms with Crippen molar-refractivity contribution in [3.05, 3.63) is 47.8 Å². The van der Waals surface area contributed by atoms with Gasteiger partial charge in [-0.3, -0.25) is 4.98 Å². The Labute approximate surface area is 129 Å². The van der Waals surface area contributed by atoms with Crippen LogP contribution in [0.2, 0.25) is 0 Å². The molecule has 1 nitrogen and oxygen atoms in total. The van der Waals surface area contributed by atoms with Crippen LogP contribution in [0.3, 0.4) is 0 Å². The van der Waals surface area contributed by atoms with Crippen molar-refractivity contribution in [1.29, 1.82) is 0 Å². The van der Waals surface area contributed by atoms with Gasteiger partial charge in [0.25, 0.3) is 0 Å². The molecule has 0 atom stereocenters. The Bertz CT molecular complexity index is 606. The van der Waals surface area contributed by atoms with E-state index in [-0.39, 0.29) is 0 Å². The summed E-state index contributed by atoms with van der Waals surface area (Å²) in [4.78, 5) is 4.39. The predicted octanol–water partition coefficient (Wildman–Crippen LogP) is 5.59. The van der Waals surface area contributed by atoms with Crippen LogP contribution >= 0.6 is 15.9 Å². The van der Waals surface area contributed by atoms with Crippen LogP contribution in [-0.4, -0.2) is 10.3 Å². The molecule has 2 aromatic rings. The molecular formula is C18H20BrN. The summed E-state index contributed by atoms with van der Waals surface area (Å²) in [6.45, 7) is 0. The fourth-order valence-corrected chi connectivity index (χ4v) is 3.81. The number of halogens is 1. The Morgan fingerprint density at radius 1 is 1.15 bits per heavy atom. The van der Waals surface area contributed by atoms with Crippen LogP contribution in [0.1, 0.15) is 37.7 Å². The van der Waals surface area contributed by atoms with Gasteiger partial charge in [0.1, 0.15) is 0 Å². The summed E-state index contributed by atoms with van der Waals surface area (Å²) < 4.78 is 0. The average Bonchev–Trinajstić information content (AvgIpc) is 2.53. The first-order valence-corrected chi connectivity index (χ1v) is 8.60. The van der Waals surface area contributed by atoms with Gasteiger partial charge in [-0.05, 0) is 24.1 Å². The molecule has 0 N–H and O–H groups in total. The Morgan fingerprint density at radius 3 is 2.75 bits per heavy atom. The molecule has 1 aliphatic carbocycles. The van der Waals surface area contributed by atoms with E-state index in [1.54, 1.807) is 0 Å². The highest BCUT2D eigenvalue weighted by Crippen LogP contribution is 2.32. The zero-order valence-corrected chi connectivity index (χ0v) is 13.3. The van der Waals surface area contributed by atoms with Crippen molar-refractivity contribution in [1.82, 2.24) is 4.98 Å². The van der Waals surface area contributed by atoms with Gasteiger partial charge in [-0.2, -0.15) is 0 Å². The van der Waals surface area contributed by atoms with Crippen molar-refractivity contribution in [3.8, 4) is 0 Å². The molecular weight excluding hydrogens is 310 g/mol. The van der Waals surface area contributed by atoms with Crippen LogP contribution in [0.25, 0.3) is 16.8 Å².